The molecule has 5 rings (SSSR count). The Morgan fingerprint density at radius 2 is 1.05 bits per heavy atom. The van der Waals surface area contributed by atoms with E-state index in [0.29, 0.717) is 0 Å². The van der Waals surface area contributed by atoms with Gasteiger partial charge in [0, 0.05) is 43.2 Å². The van der Waals surface area contributed by atoms with Crippen LogP contribution in [0.1, 0.15) is 157 Å². The number of nitrogens with zero attached hydrogens (tertiary/aromatic N) is 2. The number of aryl methyl sites for hydroxylation is 1. The van der Waals surface area contributed by atoms with Crippen molar-refractivity contribution in [3.8, 4) is 11.8 Å². The summed E-state index contributed by atoms with van der Waals surface area (Å²) in [5, 5.41) is 2.23. The van der Waals surface area contributed by atoms with E-state index in [1.54, 1.807) is 14.4 Å². The molecule has 0 amide bonds. The monoisotopic (exact) mass is 863 g/mol. The summed E-state index contributed by atoms with van der Waals surface area (Å²) >= 11 is 1.78. The van der Waals surface area contributed by atoms with Crippen molar-refractivity contribution in [2.75, 3.05) is 0 Å². The Morgan fingerprint density at radius 3 is 1.62 bits per heavy atom. The van der Waals surface area contributed by atoms with Gasteiger partial charge in [0.25, 0.3) is 0 Å². The maximum atomic E-state index is 11.9. The van der Waals surface area contributed by atoms with Gasteiger partial charge in [0.05, 0.1) is 0 Å². The van der Waals surface area contributed by atoms with Crippen LogP contribution in [-0.2, 0) is 37.7 Å². The van der Waals surface area contributed by atoms with Crippen LogP contribution in [0.15, 0.2) is 120 Å². The van der Waals surface area contributed by atoms with E-state index < -0.39 is 8.07 Å². The zero-order chi connectivity index (χ0) is 42.8. The van der Waals surface area contributed by atoms with Crippen LogP contribution >= 0.6 is 0 Å². The Labute approximate surface area is 374 Å². The quantitative estimate of drug-likeness (QED) is 0.0290. The summed E-state index contributed by atoms with van der Waals surface area (Å²) in [5.41, 5.74) is 24.3. The SMILES string of the molecule is CCCCCCCCCCCC#CCCCc1ccccc1C1=C(CCCC)C(CC)=C(c2ccc(C[Si](C)(C)C)cc2)[N+]1=[N-].c1ccc([CH2][Ni][CH2]c2ccccc2)cc1. The van der Waals surface area contributed by atoms with Gasteiger partial charge in [-0.1, -0.05) is 134 Å². The number of benzene rings is 4. The minimum atomic E-state index is -1.19. The average Bonchev–Trinajstić information content (AvgIpc) is 3.54. The van der Waals surface area contributed by atoms with Gasteiger partial charge in [0.1, 0.15) is 0 Å². The van der Waals surface area contributed by atoms with Gasteiger partial charge in [-0.2, -0.15) is 0 Å². The van der Waals surface area contributed by atoms with Gasteiger partial charge in [-0.05, 0) is 68.3 Å². The third-order valence-corrected chi connectivity index (χ3v) is 13.9. The average molecular weight is 864 g/mol. The van der Waals surface area contributed by atoms with Crippen molar-refractivity contribution in [1.29, 1.82) is 0 Å². The van der Waals surface area contributed by atoms with Crippen molar-refractivity contribution in [2.45, 2.75) is 166 Å². The standard InChI is InChI=1S/C42H62N2Si.2C7H7.Ni/c1-7-10-12-13-14-15-16-17-18-19-20-21-22-23-26-36-27-24-25-29-39(36)42-40(28-11-8-2)38(9-3)41(44(42)43)37-32-30-35(31-33-37)34-45(4,5)6;2*1-7-5-3-2-4-6-7;/h24-25,27,29-33H,7-19,22-23,26,28,34H2,1-6H3;2*2-6H,1H2;. The fraction of sp³-hybridized carbons (Fsp3) is 0.464. The van der Waals surface area contributed by atoms with Gasteiger partial charge in [-0.25, -0.2) is 4.70 Å². The van der Waals surface area contributed by atoms with Crippen LogP contribution in [0.25, 0.3) is 16.9 Å². The Kier molecular flexibility index (Phi) is 22.8. The molecule has 0 N–H and O–H groups in total. The molecule has 0 unspecified atom stereocenters. The first-order valence-electron chi connectivity index (χ1n) is 23.4. The number of hydrogen-bond acceptors (Lipinski definition) is 0. The summed E-state index contributed by atoms with van der Waals surface area (Å²) in [6.07, 6.45) is 20.4. The van der Waals surface area contributed by atoms with Gasteiger partial charge >= 0.3 is 97.0 Å². The molecule has 0 aromatic heterocycles. The first kappa shape index (κ1) is 48.9. The van der Waals surface area contributed by atoms with Crippen molar-refractivity contribution in [3.05, 3.63) is 159 Å². The number of unbranched alkanes of at least 4 members (excludes halogenated alkanes) is 11. The molecule has 2 nitrogen and oxygen atoms in total. The zero-order valence-electron chi connectivity index (χ0n) is 38.2. The van der Waals surface area contributed by atoms with Gasteiger partial charge in [0.2, 0.25) is 11.4 Å². The summed E-state index contributed by atoms with van der Waals surface area (Å²) in [5.74, 6) is 6.89. The molecule has 1 aliphatic heterocycles. The molecule has 0 saturated heterocycles. The topological polar surface area (TPSA) is 25.3 Å². The first-order chi connectivity index (χ1) is 29.3. The van der Waals surface area contributed by atoms with E-state index in [1.807, 2.05) is 0 Å². The van der Waals surface area contributed by atoms with Crippen molar-refractivity contribution < 1.29 is 19.1 Å². The molecular weight excluding hydrogens is 787 g/mol. The normalized spacial score (nSPS) is 12.7. The van der Waals surface area contributed by atoms with Crippen molar-refractivity contribution >= 4 is 19.5 Å². The minimum absolute atomic E-state index is 0.905. The van der Waals surface area contributed by atoms with Crippen LogP contribution in [0.5, 0.6) is 0 Å². The molecule has 0 radical (unpaired) electrons. The molecule has 4 heteroatoms. The van der Waals surface area contributed by atoms with E-state index in [1.165, 1.54) is 107 Å². The van der Waals surface area contributed by atoms with Gasteiger partial charge in [-0.15, -0.1) is 11.8 Å². The number of rotatable bonds is 24. The molecule has 1 heterocycles. The van der Waals surface area contributed by atoms with Crippen LogP contribution in [0.4, 0.5) is 0 Å². The molecule has 0 atom stereocenters. The molecule has 4 aromatic carbocycles. The van der Waals surface area contributed by atoms with E-state index in [2.05, 4.69) is 161 Å². The van der Waals surface area contributed by atoms with Crippen molar-refractivity contribution in [1.82, 2.24) is 0 Å². The molecule has 0 saturated carbocycles. The molecule has 1 aliphatic rings. The van der Waals surface area contributed by atoms with Gasteiger partial charge in [-0.3, -0.25) is 0 Å². The van der Waals surface area contributed by atoms with Gasteiger partial charge < -0.3 is 5.53 Å². The maximum absolute atomic E-state index is 11.9. The van der Waals surface area contributed by atoms with Crippen molar-refractivity contribution in [3.63, 3.8) is 0 Å². The van der Waals surface area contributed by atoms with E-state index in [4.69, 9.17) is 0 Å². The third-order valence-electron chi connectivity index (χ3n) is 11.1. The second-order valence-electron chi connectivity index (χ2n) is 17.7. The zero-order valence-corrected chi connectivity index (χ0v) is 40.2. The Bertz CT molecular complexity index is 1920. The molecular formula is C56H76N2NiSi. The fourth-order valence-electron chi connectivity index (χ4n) is 7.99. The predicted molar refractivity (Wildman–Crippen MR) is 260 cm³/mol. The summed E-state index contributed by atoms with van der Waals surface area (Å²) in [7, 11) is -1.19. The Morgan fingerprint density at radius 1 is 0.517 bits per heavy atom. The first-order valence-corrected chi connectivity index (χ1v) is 28.5. The van der Waals surface area contributed by atoms with Crippen molar-refractivity contribution in [2.24, 2.45) is 0 Å². The number of allylic oxidation sites excluding steroid dienone is 2. The number of hydrogen-bond donors (Lipinski definition) is 0. The predicted octanol–water partition coefficient (Wildman–Crippen LogP) is 16.6. The van der Waals surface area contributed by atoms with E-state index in [0.717, 1.165) is 79.1 Å². The van der Waals surface area contributed by atoms with Crippen LogP contribution in [0.2, 0.25) is 19.6 Å². The summed E-state index contributed by atoms with van der Waals surface area (Å²) < 4.78 is 1.53. The molecule has 0 spiro atoms. The summed E-state index contributed by atoms with van der Waals surface area (Å²) in [6.45, 7) is 14.0. The van der Waals surface area contributed by atoms with Crippen LogP contribution < -0.4 is 0 Å². The second-order valence-corrected chi connectivity index (χ2v) is 24.3. The molecule has 4 aromatic rings. The van der Waals surface area contributed by atoms with E-state index >= 15 is 0 Å². The molecule has 0 aliphatic carbocycles. The third kappa shape index (κ3) is 17.3. The second kappa shape index (κ2) is 28.0. The molecule has 0 fully saturated rings. The Balaban J connectivity index is 0.000000440. The van der Waals surface area contributed by atoms with Crippen LogP contribution in [0.3, 0.4) is 0 Å². The van der Waals surface area contributed by atoms with Gasteiger partial charge in [0.15, 0.2) is 0 Å². The van der Waals surface area contributed by atoms with Crippen LogP contribution in [0, 0.1) is 11.8 Å². The van der Waals surface area contributed by atoms with Crippen LogP contribution in [-0.4, -0.2) is 12.8 Å². The van der Waals surface area contributed by atoms with E-state index in [9.17, 15) is 5.53 Å². The molecule has 0 bridgehead atoms. The van der Waals surface area contributed by atoms with E-state index in [-0.39, 0.29) is 0 Å². The fourth-order valence-corrected chi connectivity index (χ4v) is 10.6. The summed E-state index contributed by atoms with van der Waals surface area (Å²) in [4.78, 5) is 0. The molecule has 60 heavy (non-hydrogen) atoms. The molecule has 324 valence electrons. The summed E-state index contributed by atoms with van der Waals surface area (Å²) in [6, 6.07) is 40.2. The Hall–Kier alpha value is -3.77.